The lowest BCUT2D eigenvalue weighted by atomic mass is 10.2. The molecule has 0 unspecified atom stereocenters. The second kappa shape index (κ2) is 4.03. The average Bonchev–Trinajstić information content (AvgIpc) is 2.10. The lowest BCUT2D eigenvalue weighted by Gasteiger charge is -2.06. The summed E-state index contributed by atoms with van der Waals surface area (Å²) in [6.45, 7) is 7.65. The molecule has 1 rings (SSSR count). The molecular weight excluding hydrogens is 169 g/mol. The highest BCUT2D eigenvalue weighted by Crippen LogP contribution is 2.13. The first kappa shape index (κ1) is 9.71. The smallest absolute Gasteiger partial charge is 0.137 e. The molecular formula is C10H12FNO. The fraction of sp³-hybridized carbons (Fsp3) is 0.300. The van der Waals surface area contributed by atoms with Crippen LogP contribution in [0.1, 0.15) is 18.2 Å². The van der Waals surface area contributed by atoms with E-state index < -0.39 is 0 Å². The molecule has 1 heterocycles. The summed E-state index contributed by atoms with van der Waals surface area (Å²) in [5.41, 5.74) is 0.970. The monoisotopic (exact) mass is 181 g/mol. The second-order valence-electron chi connectivity index (χ2n) is 2.67. The Balaban J connectivity index is 2.90. The molecule has 0 fully saturated rings. The van der Waals surface area contributed by atoms with Crippen molar-refractivity contribution < 1.29 is 9.13 Å². The van der Waals surface area contributed by atoms with Crippen molar-refractivity contribution in [2.75, 3.05) is 6.61 Å². The maximum atomic E-state index is 13.0. The van der Waals surface area contributed by atoms with E-state index in [4.69, 9.17) is 4.74 Å². The Labute approximate surface area is 77.1 Å². The van der Waals surface area contributed by atoms with Gasteiger partial charge in [0, 0.05) is 17.8 Å². The molecule has 0 aromatic carbocycles. The van der Waals surface area contributed by atoms with Crippen LogP contribution < -0.4 is 0 Å². The number of rotatable bonds is 3. The molecule has 0 aliphatic rings. The molecule has 1 aromatic heterocycles. The number of aryl methyl sites for hydroxylation is 1. The van der Waals surface area contributed by atoms with Crippen molar-refractivity contribution in [3.05, 3.63) is 35.9 Å². The molecule has 0 aliphatic carbocycles. The maximum absolute atomic E-state index is 13.0. The van der Waals surface area contributed by atoms with Crippen LogP contribution in [-0.4, -0.2) is 11.6 Å². The Morgan fingerprint density at radius 2 is 2.38 bits per heavy atom. The van der Waals surface area contributed by atoms with Crippen LogP contribution >= 0.6 is 0 Å². The standard InChI is InChI=1S/C10H12FNO/c1-4-13-8(3)10-5-9(11)7(2)6-12-10/h5-6H,3-4H2,1-2H3. The van der Waals surface area contributed by atoms with Crippen LogP contribution in [0.15, 0.2) is 18.8 Å². The van der Waals surface area contributed by atoms with Gasteiger partial charge in [0.15, 0.2) is 0 Å². The summed E-state index contributed by atoms with van der Waals surface area (Å²) in [6.07, 6.45) is 1.47. The lowest BCUT2D eigenvalue weighted by molar-refractivity contribution is 0.297. The lowest BCUT2D eigenvalue weighted by Crippen LogP contribution is -1.95. The van der Waals surface area contributed by atoms with Crippen molar-refractivity contribution in [1.29, 1.82) is 0 Å². The second-order valence-corrected chi connectivity index (χ2v) is 2.67. The molecule has 0 saturated heterocycles. The molecule has 0 radical (unpaired) electrons. The van der Waals surface area contributed by atoms with Crippen molar-refractivity contribution in [1.82, 2.24) is 4.98 Å². The van der Waals surface area contributed by atoms with Gasteiger partial charge in [-0.3, -0.25) is 4.98 Å². The van der Waals surface area contributed by atoms with E-state index in [2.05, 4.69) is 11.6 Å². The van der Waals surface area contributed by atoms with Crippen molar-refractivity contribution >= 4 is 5.76 Å². The summed E-state index contributed by atoms with van der Waals surface area (Å²) in [7, 11) is 0. The number of hydrogen-bond acceptors (Lipinski definition) is 2. The zero-order chi connectivity index (χ0) is 9.84. The fourth-order valence-corrected chi connectivity index (χ4v) is 0.900. The Hall–Kier alpha value is -1.38. The summed E-state index contributed by atoms with van der Waals surface area (Å²) in [4.78, 5) is 3.99. The first-order valence-electron chi connectivity index (χ1n) is 4.09. The molecule has 3 heteroatoms. The van der Waals surface area contributed by atoms with Crippen LogP contribution in [0.5, 0.6) is 0 Å². The van der Waals surface area contributed by atoms with Crippen molar-refractivity contribution in [2.45, 2.75) is 13.8 Å². The quantitative estimate of drug-likeness (QED) is 0.668. The van der Waals surface area contributed by atoms with Gasteiger partial charge in [-0.05, 0) is 13.8 Å². The Bertz CT molecular complexity index is 323. The van der Waals surface area contributed by atoms with Gasteiger partial charge in [-0.1, -0.05) is 6.58 Å². The first-order chi connectivity index (χ1) is 6.15. The molecule has 0 amide bonds. The highest BCUT2D eigenvalue weighted by Gasteiger charge is 2.04. The summed E-state index contributed by atoms with van der Waals surface area (Å²) >= 11 is 0. The minimum atomic E-state index is -0.286. The summed E-state index contributed by atoms with van der Waals surface area (Å²) in [5.74, 6) is 0.118. The van der Waals surface area contributed by atoms with Gasteiger partial charge >= 0.3 is 0 Å². The molecule has 0 saturated carbocycles. The van der Waals surface area contributed by atoms with E-state index in [-0.39, 0.29) is 5.82 Å². The minimum Gasteiger partial charge on any atom is -0.492 e. The van der Waals surface area contributed by atoms with Crippen LogP contribution in [0.2, 0.25) is 0 Å². The predicted octanol–water partition coefficient (Wildman–Crippen LogP) is 2.54. The van der Waals surface area contributed by atoms with E-state index in [0.717, 1.165) is 0 Å². The van der Waals surface area contributed by atoms with Crippen molar-refractivity contribution in [3.8, 4) is 0 Å². The van der Waals surface area contributed by atoms with E-state index in [1.807, 2.05) is 6.92 Å². The van der Waals surface area contributed by atoms with E-state index in [1.54, 1.807) is 6.92 Å². The van der Waals surface area contributed by atoms with E-state index in [1.165, 1.54) is 12.3 Å². The molecule has 70 valence electrons. The number of pyridine rings is 1. The highest BCUT2D eigenvalue weighted by atomic mass is 19.1. The largest absolute Gasteiger partial charge is 0.492 e. The third kappa shape index (κ3) is 2.28. The van der Waals surface area contributed by atoms with Crippen LogP contribution in [0.25, 0.3) is 5.76 Å². The van der Waals surface area contributed by atoms with Gasteiger partial charge in [-0.15, -0.1) is 0 Å². The van der Waals surface area contributed by atoms with Gasteiger partial charge in [0.1, 0.15) is 17.3 Å². The normalized spacial score (nSPS) is 9.77. The summed E-state index contributed by atoms with van der Waals surface area (Å²) < 4.78 is 18.1. The molecule has 0 atom stereocenters. The zero-order valence-corrected chi connectivity index (χ0v) is 7.80. The van der Waals surface area contributed by atoms with Crippen LogP contribution in [-0.2, 0) is 4.74 Å². The number of nitrogens with zero attached hydrogens (tertiary/aromatic N) is 1. The highest BCUT2D eigenvalue weighted by molar-refractivity contribution is 5.53. The van der Waals surface area contributed by atoms with Gasteiger partial charge in [0.25, 0.3) is 0 Å². The van der Waals surface area contributed by atoms with Gasteiger partial charge < -0.3 is 4.74 Å². The Morgan fingerprint density at radius 1 is 1.69 bits per heavy atom. The number of aromatic nitrogens is 1. The van der Waals surface area contributed by atoms with Crippen molar-refractivity contribution in [3.63, 3.8) is 0 Å². The van der Waals surface area contributed by atoms with E-state index in [9.17, 15) is 4.39 Å². The van der Waals surface area contributed by atoms with E-state index in [0.29, 0.717) is 23.6 Å². The molecule has 0 N–H and O–H groups in total. The maximum Gasteiger partial charge on any atom is 0.137 e. The Kier molecular flexibility index (Phi) is 3.01. The van der Waals surface area contributed by atoms with Crippen LogP contribution in [0, 0.1) is 12.7 Å². The van der Waals surface area contributed by atoms with Crippen LogP contribution in [0.3, 0.4) is 0 Å². The van der Waals surface area contributed by atoms with Gasteiger partial charge in [-0.25, -0.2) is 4.39 Å². The van der Waals surface area contributed by atoms with Gasteiger partial charge in [0.2, 0.25) is 0 Å². The van der Waals surface area contributed by atoms with Crippen LogP contribution in [0.4, 0.5) is 4.39 Å². The summed E-state index contributed by atoms with van der Waals surface area (Å²) in [5, 5.41) is 0. The van der Waals surface area contributed by atoms with Gasteiger partial charge in [-0.2, -0.15) is 0 Å². The third-order valence-electron chi connectivity index (χ3n) is 1.64. The topological polar surface area (TPSA) is 22.1 Å². The average molecular weight is 181 g/mol. The van der Waals surface area contributed by atoms with E-state index >= 15 is 0 Å². The molecule has 0 aliphatic heterocycles. The number of ether oxygens (including phenoxy) is 1. The molecule has 0 bridgehead atoms. The summed E-state index contributed by atoms with van der Waals surface area (Å²) in [6, 6.07) is 1.33. The fourth-order valence-electron chi connectivity index (χ4n) is 0.900. The molecule has 0 spiro atoms. The molecule has 1 aromatic rings. The Morgan fingerprint density at radius 3 is 2.92 bits per heavy atom. The molecule has 2 nitrogen and oxygen atoms in total. The number of hydrogen-bond donors (Lipinski definition) is 0. The predicted molar refractivity (Wildman–Crippen MR) is 49.6 cm³/mol. The minimum absolute atomic E-state index is 0.286. The van der Waals surface area contributed by atoms with Crippen molar-refractivity contribution in [2.24, 2.45) is 0 Å². The SMILES string of the molecule is C=C(OCC)c1cc(F)c(C)cn1. The number of halogens is 1. The first-order valence-corrected chi connectivity index (χ1v) is 4.09. The van der Waals surface area contributed by atoms with Gasteiger partial charge in [0.05, 0.1) is 6.61 Å². The zero-order valence-electron chi connectivity index (χ0n) is 7.80. The third-order valence-corrected chi connectivity index (χ3v) is 1.64. The molecule has 13 heavy (non-hydrogen) atoms.